The number of thiol groups is 2. The van der Waals surface area contributed by atoms with Gasteiger partial charge in [0.15, 0.2) is 0 Å². The zero-order valence-electron chi connectivity index (χ0n) is 7.88. The summed E-state index contributed by atoms with van der Waals surface area (Å²) in [6.45, 7) is 4.41. The van der Waals surface area contributed by atoms with Crippen molar-refractivity contribution in [2.75, 3.05) is 5.75 Å². The van der Waals surface area contributed by atoms with Gasteiger partial charge in [0.2, 0.25) is 0 Å². The van der Waals surface area contributed by atoms with E-state index in [9.17, 15) is 0 Å². The summed E-state index contributed by atoms with van der Waals surface area (Å²) < 4.78 is 0.111. The smallest absolute Gasteiger partial charge is 0.0220 e. The fourth-order valence-corrected chi connectivity index (χ4v) is 2.15. The third kappa shape index (κ3) is 2.46. The van der Waals surface area contributed by atoms with Crippen LogP contribution >= 0.6 is 25.3 Å². The molecule has 1 unspecified atom stereocenters. The van der Waals surface area contributed by atoms with Crippen molar-refractivity contribution in [2.24, 2.45) is 5.92 Å². The van der Waals surface area contributed by atoms with Crippen molar-refractivity contribution in [1.29, 1.82) is 0 Å². The quantitative estimate of drug-likeness (QED) is 0.498. The molecule has 1 rings (SSSR count). The molecule has 2 heteroatoms. The highest BCUT2D eigenvalue weighted by atomic mass is 32.1. The van der Waals surface area contributed by atoms with Gasteiger partial charge >= 0.3 is 0 Å². The first-order valence-electron chi connectivity index (χ1n) is 4.55. The van der Waals surface area contributed by atoms with Crippen LogP contribution in [-0.2, 0) is 0 Å². The molecule has 0 saturated carbocycles. The molecule has 1 aliphatic carbocycles. The first-order chi connectivity index (χ1) is 5.56. The summed E-state index contributed by atoms with van der Waals surface area (Å²) in [4.78, 5) is 0. The Morgan fingerprint density at radius 1 is 1.67 bits per heavy atom. The summed E-state index contributed by atoms with van der Waals surface area (Å²) in [5.41, 5.74) is 1.54. The van der Waals surface area contributed by atoms with E-state index in [1.807, 2.05) is 0 Å². The van der Waals surface area contributed by atoms with Gasteiger partial charge in [0.25, 0.3) is 0 Å². The minimum Gasteiger partial charge on any atom is -0.178 e. The molecule has 2 atom stereocenters. The molecule has 0 nitrogen and oxygen atoms in total. The second-order valence-corrected chi connectivity index (χ2v) is 5.37. The topological polar surface area (TPSA) is 0 Å². The normalized spacial score (nSPS) is 29.3. The summed E-state index contributed by atoms with van der Waals surface area (Å²) in [6.07, 6.45) is 6.07. The van der Waals surface area contributed by atoms with E-state index in [0.29, 0.717) is 5.92 Å². The van der Waals surface area contributed by atoms with E-state index in [2.05, 4.69) is 45.2 Å². The largest absolute Gasteiger partial charge is 0.178 e. The first kappa shape index (κ1) is 10.5. The molecule has 0 bridgehead atoms. The Morgan fingerprint density at radius 2 is 2.33 bits per heavy atom. The van der Waals surface area contributed by atoms with E-state index in [4.69, 9.17) is 0 Å². The molecule has 0 aromatic carbocycles. The van der Waals surface area contributed by atoms with Crippen LogP contribution < -0.4 is 0 Å². The zero-order chi connectivity index (χ0) is 9.19. The van der Waals surface area contributed by atoms with Crippen LogP contribution in [0.1, 0.15) is 33.1 Å². The van der Waals surface area contributed by atoms with E-state index in [-0.39, 0.29) is 4.75 Å². The lowest BCUT2D eigenvalue weighted by molar-refractivity contribution is 0.391. The summed E-state index contributed by atoms with van der Waals surface area (Å²) in [7, 11) is 0. The molecule has 0 spiro atoms. The Kier molecular flexibility index (Phi) is 3.59. The molecule has 0 saturated heterocycles. The third-order valence-corrected chi connectivity index (χ3v) is 4.27. The zero-order valence-corrected chi connectivity index (χ0v) is 9.67. The lowest BCUT2D eigenvalue weighted by Gasteiger charge is -2.34. The second-order valence-electron chi connectivity index (χ2n) is 4.04. The summed E-state index contributed by atoms with van der Waals surface area (Å²) >= 11 is 8.99. The predicted octanol–water partition coefficient (Wildman–Crippen LogP) is 3.35. The van der Waals surface area contributed by atoms with Crippen LogP contribution in [0.4, 0.5) is 0 Å². The Bertz CT molecular complexity index is 182. The first-order valence-corrected chi connectivity index (χ1v) is 5.63. The van der Waals surface area contributed by atoms with E-state index < -0.39 is 0 Å². The molecule has 1 aliphatic rings. The SMILES string of the molecule is CC1=CCC([C@@](C)(S)CS)CC1. The second kappa shape index (κ2) is 4.10. The summed E-state index contributed by atoms with van der Waals surface area (Å²) in [5.74, 6) is 1.58. The fourth-order valence-electron chi connectivity index (χ4n) is 1.66. The minimum absolute atomic E-state index is 0.111. The molecule has 0 heterocycles. The number of rotatable bonds is 2. The lowest BCUT2D eigenvalue weighted by Crippen LogP contribution is -2.31. The molecule has 0 aromatic heterocycles. The number of hydrogen-bond acceptors (Lipinski definition) is 2. The molecule has 0 N–H and O–H groups in total. The van der Waals surface area contributed by atoms with Crippen LogP contribution in [0.15, 0.2) is 11.6 Å². The molecule has 0 fully saturated rings. The van der Waals surface area contributed by atoms with Gasteiger partial charge in [-0.05, 0) is 39.0 Å². The van der Waals surface area contributed by atoms with Gasteiger partial charge in [0.05, 0.1) is 0 Å². The highest BCUT2D eigenvalue weighted by molar-refractivity contribution is 7.85. The van der Waals surface area contributed by atoms with Crippen molar-refractivity contribution >= 4 is 25.3 Å². The summed E-state index contributed by atoms with van der Waals surface area (Å²) in [6, 6.07) is 0. The Hall–Kier alpha value is 0.440. The molecule has 0 aromatic rings. The van der Waals surface area contributed by atoms with Crippen LogP contribution in [0.5, 0.6) is 0 Å². The number of allylic oxidation sites excluding steroid dienone is 2. The summed E-state index contributed by atoms with van der Waals surface area (Å²) in [5, 5.41) is 0. The molecule has 0 amide bonds. The average molecular weight is 202 g/mol. The van der Waals surface area contributed by atoms with Crippen molar-refractivity contribution in [1.82, 2.24) is 0 Å². The van der Waals surface area contributed by atoms with Gasteiger partial charge in [-0.1, -0.05) is 11.6 Å². The molecule has 12 heavy (non-hydrogen) atoms. The lowest BCUT2D eigenvalue weighted by atomic mass is 9.82. The highest BCUT2D eigenvalue weighted by Gasteiger charge is 2.29. The van der Waals surface area contributed by atoms with Gasteiger partial charge in [-0.3, -0.25) is 0 Å². The fraction of sp³-hybridized carbons (Fsp3) is 0.800. The van der Waals surface area contributed by atoms with Gasteiger partial charge < -0.3 is 0 Å². The van der Waals surface area contributed by atoms with E-state index in [1.54, 1.807) is 0 Å². The Labute approximate surface area is 86.6 Å². The monoisotopic (exact) mass is 202 g/mol. The highest BCUT2D eigenvalue weighted by Crippen LogP contribution is 2.36. The molecular weight excluding hydrogens is 184 g/mol. The van der Waals surface area contributed by atoms with E-state index in [1.165, 1.54) is 24.8 Å². The van der Waals surface area contributed by atoms with Gasteiger partial charge in [-0.25, -0.2) is 0 Å². The molecular formula is C10H18S2. The predicted molar refractivity (Wildman–Crippen MR) is 62.3 cm³/mol. The van der Waals surface area contributed by atoms with E-state index in [0.717, 1.165) is 5.75 Å². The van der Waals surface area contributed by atoms with E-state index >= 15 is 0 Å². The maximum Gasteiger partial charge on any atom is 0.0220 e. The van der Waals surface area contributed by atoms with Crippen molar-refractivity contribution < 1.29 is 0 Å². The average Bonchev–Trinajstić information content (AvgIpc) is 2.05. The molecule has 0 radical (unpaired) electrons. The van der Waals surface area contributed by atoms with Gasteiger partial charge in [-0.2, -0.15) is 25.3 Å². The van der Waals surface area contributed by atoms with Crippen molar-refractivity contribution in [3.63, 3.8) is 0 Å². The van der Waals surface area contributed by atoms with Gasteiger partial charge in [0.1, 0.15) is 0 Å². The Morgan fingerprint density at radius 3 is 2.75 bits per heavy atom. The van der Waals surface area contributed by atoms with Crippen LogP contribution in [0, 0.1) is 5.92 Å². The van der Waals surface area contributed by atoms with Crippen LogP contribution in [0.3, 0.4) is 0 Å². The van der Waals surface area contributed by atoms with Gasteiger partial charge in [-0.15, -0.1) is 0 Å². The standard InChI is InChI=1S/C10H18S2/c1-8-3-5-9(6-4-8)10(2,12)7-11/h3,9,11-12H,4-7H2,1-2H3/t9?,10-/m0/s1. The molecule has 70 valence electrons. The minimum atomic E-state index is 0.111. The Balaban J connectivity index is 2.56. The maximum atomic E-state index is 4.65. The van der Waals surface area contributed by atoms with Crippen LogP contribution in [0.25, 0.3) is 0 Å². The van der Waals surface area contributed by atoms with Crippen molar-refractivity contribution in [2.45, 2.75) is 37.9 Å². The van der Waals surface area contributed by atoms with Gasteiger partial charge in [0, 0.05) is 10.5 Å². The van der Waals surface area contributed by atoms with Crippen molar-refractivity contribution in [3.05, 3.63) is 11.6 Å². The third-order valence-electron chi connectivity index (χ3n) is 2.84. The maximum absolute atomic E-state index is 4.65. The van der Waals surface area contributed by atoms with Crippen LogP contribution in [0.2, 0.25) is 0 Å². The van der Waals surface area contributed by atoms with Crippen LogP contribution in [-0.4, -0.2) is 10.5 Å². The van der Waals surface area contributed by atoms with Crippen molar-refractivity contribution in [3.8, 4) is 0 Å². The number of hydrogen-bond donors (Lipinski definition) is 2. The molecule has 0 aliphatic heterocycles.